The van der Waals surface area contributed by atoms with Crippen molar-refractivity contribution in [2.24, 2.45) is 5.41 Å². The number of aliphatic hydroxyl groups excluding tert-OH is 1. The van der Waals surface area contributed by atoms with Gasteiger partial charge in [-0.15, -0.1) is 0 Å². The van der Waals surface area contributed by atoms with E-state index >= 15 is 0 Å². The molecule has 1 aromatic rings. The molecule has 0 bridgehead atoms. The molecule has 6 heteroatoms. The lowest BCUT2D eigenvalue weighted by Crippen LogP contribution is -2.34. The number of aliphatic hydroxyl groups is 1. The third-order valence-corrected chi connectivity index (χ3v) is 4.17. The summed E-state index contributed by atoms with van der Waals surface area (Å²) in [4.78, 5) is 0.139. The van der Waals surface area contributed by atoms with Crippen LogP contribution >= 0.6 is 11.6 Å². The van der Waals surface area contributed by atoms with Crippen LogP contribution < -0.4 is 4.72 Å². The molecular formula is C13H20ClNO3S. The van der Waals surface area contributed by atoms with E-state index in [9.17, 15) is 13.5 Å². The van der Waals surface area contributed by atoms with E-state index in [1.54, 1.807) is 0 Å². The second-order valence-electron chi connectivity index (χ2n) is 5.72. The lowest BCUT2D eigenvalue weighted by atomic mass is 9.89. The normalized spacial score (nSPS) is 14.4. The molecule has 1 unspecified atom stereocenters. The van der Waals surface area contributed by atoms with E-state index in [1.807, 2.05) is 20.8 Å². The van der Waals surface area contributed by atoms with Crippen molar-refractivity contribution in [1.82, 2.24) is 4.72 Å². The monoisotopic (exact) mass is 305 g/mol. The average Bonchev–Trinajstić information content (AvgIpc) is 2.25. The van der Waals surface area contributed by atoms with Gasteiger partial charge in [-0.25, -0.2) is 13.1 Å². The third-order valence-electron chi connectivity index (χ3n) is 2.48. The number of halogens is 1. The second-order valence-corrected chi connectivity index (χ2v) is 7.93. The minimum absolute atomic E-state index is 0.00221. The Kier molecular flexibility index (Phi) is 5.38. The van der Waals surface area contributed by atoms with Gasteiger partial charge in [0.2, 0.25) is 10.0 Å². The summed E-state index contributed by atoms with van der Waals surface area (Å²) in [5.74, 6) is 0. The van der Waals surface area contributed by atoms with Crippen molar-refractivity contribution in [3.63, 3.8) is 0 Å². The summed E-state index contributed by atoms with van der Waals surface area (Å²) in [6, 6.07) is 5.89. The lowest BCUT2D eigenvalue weighted by Gasteiger charge is -2.22. The highest BCUT2D eigenvalue weighted by Gasteiger charge is 2.20. The molecule has 0 heterocycles. The van der Waals surface area contributed by atoms with Crippen LogP contribution in [0.2, 0.25) is 5.02 Å². The zero-order valence-electron chi connectivity index (χ0n) is 11.4. The molecule has 0 aromatic heterocycles. The van der Waals surface area contributed by atoms with E-state index in [0.29, 0.717) is 11.4 Å². The minimum atomic E-state index is -3.60. The number of hydrogen-bond acceptors (Lipinski definition) is 3. The van der Waals surface area contributed by atoms with Gasteiger partial charge in [-0.05, 0) is 36.1 Å². The quantitative estimate of drug-likeness (QED) is 0.878. The van der Waals surface area contributed by atoms with Gasteiger partial charge < -0.3 is 5.11 Å². The molecule has 0 aliphatic carbocycles. The van der Waals surface area contributed by atoms with E-state index in [0.717, 1.165) is 0 Å². The first kappa shape index (κ1) is 16.4. The fourth-order valence-electron chi connectivity index (χ4n) is 1.68. The van der Waals surface area contributed by atoms with Crippen molar-refractivity contribution in [1.29, 1.82) is 0 Å². The van der Waals surface area contributed by atoms with Gasteiger partial charge >= 0.3 is 0 Å². The number of hydrogen-bond donors (Lipinski definition) is 2. The molecule has 1 rings (SSSR count). The van der Waals surface area contributed by atoms with Crippen molar-refractivity contribution < 1.29 is 13.5 Å². The second kappa shape index (κ2) is 6.22. The SMILES string of the molecule is CC(C)(C)CC(O)CNS(=O)(=O)c1ccc(Cl)cc1. The summed E-state index contributed by atoms with van der Waals surface area (Å²) in [6.45, 7) is 5.97. The van der Waals surface area contributed by atoms with Crippen molar-refractivity contribution in [2.75, 3.05) is 6.54 Å². The van der Waals surface area contributed by atoms with E-state index in [4.69, 9.17) is 11.6 Å². The summed E-state index contributed by atoms with van der Waals surface area (Å²) >= 11 is 5.71. The van der Waals surface area contributed by atoms with Gasteiger partial charge in [0.1, 0.15) is 0 Å². The molecule has 0 amide bonds. The van der Waals surface area contributed by atoms with Crippen molar-refractivity contribution in [3.05, 3.63) is 29.3 Å². The number of nitrogens with one attached hydrogen (secondary N) is 1. The molecule has 0 fully saturated rings. The van der Waals surface area contributed by atoms with Crippen LogP contribution in [0.5, 0.6) is 0 Å². The Hall–Kier alpha value is -0.620. The molecule has 0 saturated heterocycles. The first-order valence-electron chi connectivity index (χ1n) is 6.03. The van der Waals surface area contributed by atoms with Crippen LogP contribution in [0.25, 0.3) is 0 Å². The zero-order valence-corrected chi connectivity index (χ0v) is 12.9. The molecule has 0 spiro atoms. The molecule has 1 aromatic carbocycles. The fraction of sp³-hybridized carbons (Fsp3) is 0.538. The Bertz CT molecular complexity index is 506. The van der Waals surface area contributed by atoms with Crippen molar-refractivity contribution in [2.45, 2.75) is 38.2 Å². The highest BCUT2D eigenvalue weighted by atomic mass is 35.5. The highest BCUT2D eigenvalue weighted by molar-refractivity contribution is 7.89. The van der Waals surface area contributed by atoms with E-state index in [1.165, 1.54) is 24.3 Å². The van der Waals surface area contributed by atoms with Gasteiger partial charge in [0.25, 0.3) is 0 Å². The van der Waals surface area contributed by atoms with Gasteiger partial charge in [0, 0.05) is 11.6 Å². The minimum Gasteiger partial charge on any atom is -0.392 e. The fourth-order valence-corrected chi connectivity index (χ4v) is 2.88. The van der Waals surface area contributed by atoms with Crippen molar-refractivity contribution >= 4 is 21.6 Å². The maximum Gasteiger partial charge on any atom is 0.240 e. The Labute approximate surface area is 119 Å². The smallest absolute Gasteiger partial charge is 0.240 e. The maximum absolute atomic E-state index is 11.9. The van der Waals surface area contributed by atoms with Gasteiger partial charge in [-0.3, -0.25) is 0 Å². The van der Waals surface area contributed by atoms with Crippen LogP contribution in [0.15, 0.2) is 29.2 Å². The first-order chi connectivity index (χ1) is 8.60. The van der Waals surface area contributed by atoms with Crippen LogP contribution in [-0.2, 0) is 10.0 Å². The predicted molar refractivity (Wildman–Crippen MR) is 76.7 cm³/mol. The lowest BCUT2D eigenvalue weighted by molar-refractivity contribution is 0.125. The number of sulfonamides is 1. The van der Waals surface area contributed by atoms with Crippen LogP contribution in [0.1, 0.15) is 27.2 Å². The summed E-state index contributed by atoms with van der Waals surface area (Å²) in [5, 5.41) is 10.3. The van der Waals surface area contributed by atoms with Crippen molar-refractivity contribution in [3.8, 4) is 0 Å². The van der Waals surface area contributed by atoms with Gasteiger partial charge in [-0.2, -0.15) is 0 Å². The number of benzene rings is 1. The van der Waals surface area contributed by atoms with E-state index in [2.05, 4.69) is 4.72 Å². The topological polar surface area (TPSA) is 66.4 Å². The van der Waals surface area contributed by atoms with Gasteiger partial charge in [-0.1, -0.05) is 32.4 Å². The largest absolute Gasteiger partial charge is 0.392 e. The molecule has 0 aliphatic heterocycles. The molecule has 19 heavy (non-hydrogen) atoms. The summed E-state index contributed by atoms with van der Waals surface area (Å²) in [7, 11) is -3.60. The number of rotatable bonds is 5. The average molecular weight is 306 g/mol. The van der Waals surface area contributed by atoms with Crippen LogP contribution in [0, 0.1) is 5.41 Å². The van der Waals surface area contributed by atoms with Crippen LogP contribution in [0.3, 0.4) is 0 Å². The van der Waals surface area contributed by atoms with Gasteiger partial charge in [0.15, 0.2) is 0 Å². The third kappa shape index (κ3) is 5.91. The molecule has 108 valence electrons. The Morgan fingerprint density at radius 3 is 2.26 bits per heavy atom. The van der Waals surface area contributed by atoms with E-state index < -0.39 is 16.1 Å². The molecule has 0 saturated carbocycles. The molecule has 2 N–H and O–H groups in total. The summed E-state index contributed by atoms with van der Waals surface area (Å²) < 4.78 is 26.3. The first-order valence-corrected chi connectivity index (χ1v) is 7.89. The Morgan fingerprint density at radius 2 is 1.79 bits per heavy atom. The maximum atomic E-state index is 11.9. The predicted octanol–water partition coefficient (Wildman–Crippen LogP) is 2.42. The molecule has 1 atom stereocenters. The molecule has 4 nitrogen and oxygen atoms in total. The standard InChI is InChI=1S/C13H20ClNO3S/c1-13(2,3)8-11(16)9-15-19(17,18)12-6-4-10(14)5-7-12/h4-7,11,15-16H,8-9H2,1-3H3. The van der Waals surface area contributed by atoms with Crippen LogP contribution in [0.4, 0.5) is 0 Å². The van der Waals surface area contributed by atoms with Gasteiger partial charge in [0.05, 0.1) is 11.0 Å². The Balaban J connectivity index is 2.63. The highest BCUT2D eigenvalue weighted by Crippen LogP contribution is 2.20. The van der Waals surface area contributed by atoms with Crippen LogP contribution in [-0.4, -0.2) is 26.2 Å². The zero-order chi connectivity index (χ0) is 14.7. The summed E-state index contributed by atoms with van der Waals surface area (Å²) in [6.07, 6.45) is -0.182. The molecular weight excluding hydrogens is 286 g/mol. The molecule has 0 radical (unpaired) electrons. The molecule has 0 aliphatic rings. The van der Waals surface area contributed by atoms with E-state index in [-0.39, 0.29) is 16.9 Å². The summed E-state index contributed by atoms with van der Waals surface area (Å²) in [5.41, 5.74) is -0.0505. The Morgan fingerprint density at radius 1 is 1.26 bits per heavy atom.